The van der Waals surface area contributed by atoms with Gasteiger partial charge in [-0.15, -0.1) is 5.10 Å². The van der Waals surface area contributed by atoms with E-state index in [0.29, 0.717) is 41.8 Å². The molecule has 208 valence electrons. The molecule has 3 aromatic heterocycles. The molecule has 0 bridgehead atoms. The number of hydrogen-bond donors (Lipinski definition) is 3. The van der Waals surface area contributed by atoms with Crippen molar-refractivity contribution < 1.29 is 30.4 Å². The molecule has 4 N–H and O–H groups in total. The molecule has 0 amide bonds. The third kappa shape index (κ3) is 5.64. The Balaban J connectivity index is 1.24. The van der Waals surface area contributed by atoms with Crippen LogP contribution in [0, 0.1) is 11.6 Å². The highest BCUT2D eigenvalue weighted by Crippen LogP contribution is 2.38. The summed E-state index contributed by atoms with van der Waals surface area (Å²) in [6.07, 6.45) is -1.49. The number of fused-ring (bicyclic) bond motifs is 1. The molecule has 17 heteroatoms. The molecule has 1 aromatic carbocycles. The summed E-state index contributed by atoms with van der Waals surface area (Å²) in [4.78, 5) is 7.64. The molecule has 0 spiro atoms. The van der Waals surface area contributed by atoms with Crippen LogP contribution in [0.4, 0.5) is 32.9 Å². The van der Waals surface area contributed by atoms with Gasteiger partial charge in [0.25, 0.3) is 0 Å². The highest BCUT2D eigenvalue weighted by Gasteiger charge is 2.35. The number of imidazole rings is 1. The Hall–Kier alpha value is -3.08. The maximum absolute atomic E-state index is 14.0. The van der Waals surface area contributed by atoms with Gasteiger partial charge in [-0.05, 0) is 43.9 Å². The van der Waals surface area contributed by atoms with Gasteiger partial charge in [0.15, 0.2) is 5.15 Å². The van der Waals surface area contributed by atoms with Gasteiger partial charge in [-0.25, -0.2) is 31.9 Å². The third-order valence-electron chi connectivity index (χ3n) is 6.21. The fourth-order valence-corrected chi connectivity index (χ4v) is 6.86. The van der Waals surface area contributed by atoms with Crippen molar-refractivity contribution in [2.45, 2.75) is 48.8 Å². The SMILES string of the molecule is Nc1ncc(-c2nc3sc(NC4CCC(NS(=O)(=O)c5ccc(F)cc5F)CC4)nn3c2Cl)cc1C(F)(F)F. The molecule has 5 rings (SSSR count). The number of hydrogen-bond acceptors (Lipinski definition) is 8. The molecule has 0 radical (unpaired) electrons. The van der Waals surface area contributed by atoms with Crippen molar-refractivity contribution >= 4 is 48.9 Å². The van der Waals surface area contributed by atoms with Crippen LogP contribution in [0.25, 0.3) is 16.2 Å². The summed E-state index contributed by atoms with van der Waals surface area (Å²) in [6.45, 7) is 0. The standard InChI is InChI=1S/C22H19ClF5N7O2S2/c23-18-17(10-7-14(22(26,27)28)19(29)30-9-10)32-21-35(18)33-20(38-21)31-12-2-4-13(5-3-12)34-39(36,37)16-6-1-11(24)8-15(16)25/h1,6-9,12-13,34H,2-5H2,(H2,29,30)(H,31,33). The van der Waals surface area contributed by atoms with Crippen molar-refractivity contribution in [3.8, 4) is 11.3 Å². The van der Waals surface area contributed by atoms with Crippen LogP contribution in [-0.4, -0.2) is 40.1 Å². The summed E-state index contributed by atoms with van der Waals surface area (Å²) in [7, 11) is -4.16. The predicted molar refractivity (Wildman–Crippen MR) is 135 cm³/mol. The lowest BCUT2D eigenvalue weighted by molar-refractivity contribution is -0.137. The van der Waals surface area contributed by atoms with E-state index in [9.17, 15) is 30.4 Å². The number of nitrogens with one attached hydrogen (secondary N) is 2. The lowest BCUT2D eigenvalue weighted by Gasteiger charge is -2.29. The molecule has 1 aliphatic carbocycles. The number of benzene rings is 1. The zero-order chi connectivity index (χ0) is 28.1. The van der Waals surface area contributed by atoms with Gasteiger partial charge in [0.1, 0.15) is 28.0 Å². The molecule has 1 fully saturated rings. The van der Waals surface area contributed by atoms with Crippen molar-refractivity contribution in [2.75, 3.05) is 11.1 Å². The average molecular weight is 608 g/mol. The summed E-state index contributed by atoms with van der Waals surface area (Å²) >= 11 is 7.51. The molecular formula is C22H19ClF5N7O2S2. The highest BCUT2D eigenvalue weighted by atomic mass is 35.5. The van der Waals surface area contributed by atoms with Crippen molar-refractivity contribution in [1.82, 2.24) is 24.3 Å². The number of halogens is 6. The minimum atomic E-state index is -4.69. The molecule has 0 unspecified atom stereocenters. The summed E-state index contributed by atoms with van der Waals surface area (Å²) in [5.41, 5.74) is 4.38. The molecule has 0 aliphatic heterocycles. The number of sulfonamides is 1. The topological polar surface area (TPSA) is 127 Å². The van der Waals surface area contributed by atoms with Crippen LogP contribution in [0.3, 0.4) is 0 Å². The first-order valence-electron chi connectivity index (χ1n) is 11.4. The molecule has 1 saturated carbocycles. The first kappa shape index (κ1) is 27.5. The van der Waals surface area contributed by atoms with Gasteiger partial charge in [0.05, 0.1) is 5.56 Å². The fraction of sp³-hybridized carbons (Fsp3) is 0.318. The largest absolute Gasteiger partial charge is 0.419 e. The Labute approximate surface area is 227 Å². The summed E-state index contributed by atoms with van der Waals surface area (Å²) in [5, 5.41) is 8.06. The molecule has 4 aromatic rings. The molecule has 0 atom stereocenters. The average Bonchev–Trinajstić information content (AvgIpc) is 3.37. The zero-order valence-electron chi connectivity index (χ0n) is 19.6. The van der Waals surface area contributed by atoms with Gasteiger partial charge in [-0.1, -0.05) is 22.9 Å². The molecule has 3 heterocycles. The Bertz CT molecular complexity index is 1650. The van der Waals surface area contributed by atoms with E-state index in [2.05, 4.69) is 25.1 Å². The van der Waals surface area contributed by atoms with E-state index in [1.54, 1.807) is 0 Å². The van der Waals surface area contributed by atoms with Gasteiger partial charge >= 0.3 is 6.18 Å². The van der Waals surface area contributed by atoms with E-state index in [4.69, 9.17) is 17.3 Å². The first-order valence-corrected chi connectivity index (χ1v) is 14.1. The number of anilines is 2. The smallest absolute Gasteiger partial charge is 0.383 e. The Morgan fingerprint density at radius 2 is 1.79 bits per heavy atom. The lowest BCUT2D eigenvalue weighted by atomic mass is 9.92. The molecule has 39 heavy (non-hydrogen) atoms. The van der Waals surface area contributed by atoms with Gasteiger partial charge in [-0.3, -0.25) is 0 Å². The van der Waals surface area contributed by atoms with E-state index >= 15 is 0 Å². The zero-order valence-corrected chi connectivity index (χ0v) is 22.0. The van der Waals surface area contributed by atoms with Gasteiger partial charge < -0.3 is 11.1 Å². The monoisotopic (exact) mass is 607 g/mol. The van der Waals surface area contributed by atoms with Crippen molar-refractivity contribution in [1.29, 1.82) is 0 Å². The molecule has 0 saturated heterocycles. The number of rotatable bonds is 6. The number of pyridine rings is 1. The number of alkyl halides is 3. The maximum Gasteiger partial charge on any atom is 0.419 e. The maximum atomic E-state index is 14.0. The Morgan fingerprint density at radius 1 is 1.10 bits per heavy atom. The van der Waals surface area contributed by atoms with Crippen LogP contribution in [0.5, 0.6) is 0 Å². The predicted octanol–water partition coefficient (Wildman–Crippen LogP) is 5.09. The van der Waals surface area contributed by atoms with Gasteiger partial charge in [0, 0.05) is 29.9 Å². The van der Waals surface area contributed by atoms with Crippen LogP contribution in [0.15, 0.2) is 35.4 Å². The minimum absolute atomic E-state index is 0.000126. The second-order valence-corrected chi connectivity index (χ2v) is 11.9. The van der Waals surface area contributed by atoms with E-state index < -0.39 is 50.2 Å². The minimum Gasteiger partial charge on any atom is -0.383 e. The lowest BCUT2D eigenvalue weighted by Crippen LogP contribution is -2.40. The highest BCUT2D eigenvalue weighted by molar-refractivity contribution is 7.89. The number of nitrogen functional groups attached to an aromatic ring is 1. The second kappa shape index (κ2) is 10.1. The normalized spacial score (nSPS) is 18.5. The van der Waals surface area contributed by atoms with E-state index in [0.717, 1.165) is 35.7 Å². The first-order chi connectivity index (χ1) is 18.3. The second-order valence-electron chi connectivity index (χ2n) is 8.90. The van der Waals surface area contributed by atoms with Crippen molar-refractivity contribution in [2.24, 2.45) is 0 Å². The van der Waals surface area contributed by atoms with E-state index in [-0.39, 0.29) is 22.5 Å². The number of nitrogens with zero attached hydrogens (tertiary/aromatic N) is 4. The van der Waals surface area contributed by atoms with Crippen molar-refractivity contribution in [3.05, 3.63) is 52.8 Å². The van der Waals surface area contributed by atoms with Gasteiger partial charge in [0.2, 0.25) is 20.1 Å². The van der Waals surface area contributed by atoms with Crippen LogP contribution < -0.4 is 15.8 Å². The van der Waals surface area contributed by atoms with Crippen molar-refractivity contribution in [3.63, 3.8) is 0 Å². The van der Waals surface area contributed by atoms with Crippen LogP contribution in [0.1, 0.15) is 31.2 Å². The number of aromatic nitrogens is 4. The number of nitrogens with two attached hydrogens (primary N) is 1. The Kier molecular flexibility index (Phi) is 7.15. The molecule has 9 nitrogen and oxygen atoms in total. The summed E-state index contributed by atoms with van der Waals surface area (Å²) in [6, 6.07) is 2.62. The quantitative estimate of drug-likeness (QED) is 0.261. The van der Waals surface area contributed by atoms with Crippen LogP contribution in [0.2, 0.25) is 5.15 Å². The van der Waals surface area contributed by atoms with Crippen LogP contribution >= 0.6 is 22.9 Å². The molecular weight excluding hydrogens is 589 g/mol. The fourth-order valence-electron chi connectivity index (χ4n) is 4.30. The third-order valence-corrected chi connectivity index (χ3v) is 8.94. The summed E-state index contributed by atoms with van der Waals surface area (Å²) < 4.78 is 95.6. The Morgan fingerprint density at radius 3 is 2.44 bits per heavy atom. The van der Waals surface area contributed by atoms with Gasteiger partial charge in [-0.2, -0.15) is 17.7 Å². The van der Waals surface area contributed by atoms with Crippen LogP contribution in [-0.2, 0) is 16.2 Å². The van der Waals surface area contributed by atoms with E-state index in [1.807, 2.05) is 0 Å². The summed E-state index contributed by atoms with van der Waals surface area (Å²) in [5.74, 6) is -2.69. The molecule has 1 aliphatic rings. The van der Waals surface area contributed by atoms with E-state index in [1.165, 1.54) is 4.52 Å².